The van der Waals surface area contributed by atoms with Crippen molar-refractivity contribution in [2.24, 2.45) is 0 Å². The average molecular weight is 302 g/mol. The molecule has 0 amide bonds. The molecule has 0 bridgehead atoms. The van der Waals surface area contributed by atoms with Gasteiger partial charge in [-0.15, -0.1) is 11.8 Å². The first-order valence-corrected chi connectivity index (χ1v) is 8.21. The van der Waals surface area contributed by atoms with E-state index in [0.29, 0.717) is 0 Å². The maximum atomic E-state index is 6.10. The van der Waals surface area contributed by atoms with Crippen LogP contribution in [0.15, 0.2) is 29.6 Å². The second kappa shape index (κ2) is 4.97. The van der Waals surface area contributed by atoms with Crippen molar-refractivity contribution in [2.75, 3.05) is 6.26 Å². The Labute approximate surface area is 129 Å². The van der Waals surface area contributed by atoms with Crippen LogP contribution in [0.3, 0.4) is 0 Å². The third kappa shape index (κ3) is 2.45. The minimum absolute atomic E-state index is 0.331. The standard InChI is InChI=1S/C15H19BN2O2S/c1-14(2)15(3,4)20-16(19-14)10-6-7-12-11(8-10)13(21-5)18-9-17-12/h6-9H,1-5H3. The Hall–Kier alpha value is -1.11. The molecule has 6 heteroatoms. The molecule has 1 aliphatic heterocycles. The molecular weight excluding hydrogens is 283 g/mol. The van der Waals surface area contributed by atoms with Gasteiger partial charge >= 0.3 is 7.12 Å². The molecule has 110 valence electrons. The average Bonchev–Trinajstić information content (AvgIpc) is 2.66. The van der Waals surface area contributed by atoms with Gasteiger partial charge in [0.1, 0.15) is 11.4 Å². The fraction of sp³-hybridized carbons (Fsp3) is 0.467. The minimum Gasteiger partial charge on any atom is -0.399 e. The fourth-order valence-electron chi connectivity index (χ4n) is 2.34. The van der Waals surface area contributed by atoms with Gasteiger partial charge in [0.2, 0.25) is 0 Å². The third-order valence-electron chi connectivity index (χ3n) is 4.34. The second-order valence-electron chi connectivity index (χ2n) is 6.25. The summed E-state index contributed by atoms with van der Waals surface area (Å²) in [6.45, 7) is 8.24. The molecule has 1 saturated heterocycles. The zero-order valence-corrected chi connectivity index (χ0v) is 13.8. The van der Waals surface area contributed by atoms with E-state index in [1.807, 2.05) is 18.4 Å². The topological polar surface area (TPSA) is 44.2 Å². The highest BCUT2D eigenvalue weighted by molar-refractivity contribution is 7.98. The third-order valence-corrected chi connectivity index (χ3v) is 5.05. The van der Waals surface area contributed by atoms with E-state index in [0.717, 1.165) is 21.4 Å². The molecule has 0 spiro atoms. The van der Waals surface area contributed by atoms with Crippen LogP contribution in [0.2, 0.25) is 0 Å². The molecule has 21 heavy (non-hydrogen) atoms. The van der Waals surface area contributed by atoms with Crippen LogP contribution < -0.4 is 5.46 Å². The lowest BCUT2D eigenvalue weighted by atomic mass is 9.78. The largest absolute Gasteiger partial charge is 0.494 e. The van der Waals surface area contributed by atoms with Crippen molar-refractivity contribution >= 4 is 35.2 Å². The Bertz CT molecular complexity index is 674. The molecule has 1 aromatic carbocycles. The van der Waals surface area contributed by atoms with Gasteiger partial charge in [-0.1, -0.05) is 12.1 Å². The van der Waals surface area contributed by atoms with E-state index in [1.165, 1.54) is 0 Å². The number of fused-ring (bicyclic) bond motifs is 1. The Morgan fingerprint density at radius 1 is 1.05 bits per heavy atom. The number of rotatable bonds is 2. The molecule has 1 aromatic heterocycles. The molecule has 0 unspecified atom stereocenters. The zero-order chi connectivity index (χ0) is 15.3. The number of benzene rings is 1. The summed E-state index contributed by atoms with van der Waals surface area (Å²) in [6, 6.07) is 6.09. The summed E-state index contributed by atoms with van der Waals surface area (Å²) in [7, 11) is -0.352. The lowest BCUT2D eigenvalue weighted by Crippen LogP contribution is -2.41. The van der Waals surface area contributed by atoms with Crippen LogP contribution in [-0.2, 0) is 9.31 Å². The first-order valence-electron chi connectivity index (χ1n) is 6.98. The Morgan fingerprint density at radius 2 is 1.71 bits per heavy atom. The molecule has 3 rings (SSSR count). The first-order chi connectivity index (χ1) is 9.84. The van der Waals surface area contributed by atoms with Gasteiger partial charge in [-0.05, 0) is 45.5 Å². The van der Waals surface area contributed by atoms with Crippen LogP contribution in [0.4, 0.5) is 0 Å². The van der Waals surface area contributed by atoms with Gasteiger partial charge in [0, 0.05) is 5.39 Å². The van der Waals surface area contributed by atoms with Gasteiger partial charge in [-0.25, -0.2) is 9.97 Å². The highest BCUT2D eigenvalue weighted by atomic mass is 32.2. The molecule has 0 radical (unpaired) electrons. The summed E-state index contributed by atoms with van der Waals surface area (Å²) in [5.41, 5.74) is 1.28. The Balaban J connectivity index is 2.03. The van der Waals surface area contributed by atoms with E-state index in [2.05, 4.69) is 43.7 Å². The molecule has 0 aliphatic carbocycles. The van der Waals surface area contributed by atoms with Crippen molar-refractivity contribution in [3.63, 3.8) is 0 Å². The zero-order valence-electron chi connectivity index (χ0n) is 13.0. The van der Waals surface area contributed by atoms with Gasteiger partial charge < -0.3 is 9.31 Å². The summed E-state index contributed by atoms with van der Waals surface area (Å²) in [6.07, 6.45) is 3.62. The monoisotopic (exact) mass is 302 g/mol. The van der Waals surface area contributed by atoms with Crippen LogP contribution in [0.25, 0.3) is 10.9 Å². The van der Waals surface area contributed by atoms with Gasteiger partial charge in [0.25, 0.3) is 0 Å². The van der Waals surface area contributed by atoms with Crippen LogP contribution in [-0.4, -0.2) is 34.5 Å². The van der Waals surface area contributed by atoms with Crippen LogP contribution in [0, 0.1) is 0 Å². The summed E-state index contributed by atoms with van der Waals surface area (Å²) in [4.78, 5) is 8.63. The number of hydrogen-bond donors (Lipinski definition) is 0. The highest BCUT2D eigenvalue weighted by Crippen LogP contribution is 2.36. The van der Waals surface area contributed by atoms with Gasteiger partial charge in [-0.3, -0.25) is 0 Å². The van der Waals surface area contributed by atoms with Crippen molar-refractivity contribution in [3.8, 4) is 0 Å². The normalized spacial score (nSPS) is 20.1. The lowest BCUT2D eigenvalue weighted by molar-refractivity contribution is 0.00578. The van der Waals surface area contributed by atoms with E-state index in [1.54, 1.807) is 18.1 Å². The summed E-state index contributed by atoms with van der Waals surface area (Å²) >= 11 is 1.62. The molecule has 0 N–H and O–H groups in total. The summed E-state index contributed by atoms with van der Waals surface area (Å²) < 4.78 is 12.2. The predicted molar refractivity (Wildman–Crippen MR) is 87.0 cm³/mol. The van der Waals surface area contributed by atoms with Gasteiger partial charge in [-0.2, -0.15) is 0 Å². The van der Waals surface area contributed by atoms with Crippen molar-refractivity contribution in [3.05, 3.63) is 24.5 Å². The maximum Gasteiger partial charge on any atom is 0.494 e. The first kappa shape index (κ1) is 14.8. The van der Waals surface area contributed by atoms with Gasteiger partial charge in [0.05, 0.1) is 16.7 Å². The van der Waals surface area contributed by atoms with Crippen molar-refractivity contribution in [2.45, 2.75) is 43.9 Å². The number of thioether (sulfide) groups is 1. The van der Waals surface area contributed by atoms with Crippen molar-refractivity contribution in [1.82, 2.24) is 9.97 Å². The molecule has 1 aliphatic rings. The van der Waals surface area contributed by atoms with E-state index in [4.69, 9.17) is 9.31 Å². The molecule has 0 atom stereocenters. The Kier molecular flexibility index (Phi) is 3.51. The molecule has 2 aromatic rings. The Morgan fingerprint density at radius 3 is 2.33 bits per heavy atom. The molecule has 2 heterocycles. The van der Waals surface area contributed by atoms with Crippen molar-refractivity contribution in [1.29, 1.82) is 0 Å². The van der Waals surface area contributed by atoms with Crippen LogP contribution in [0.5, 0.6) is 0 Å². The lowest BCUT2D eigenvalue weighted by Gasteiger charge is -2.32. The van der Waals surface area contributed by atoms with E-state index < -0.39 is 0 Å². The summed E-state index contributed by atoms with van der Waals surface area (Å²) in [5, 5.41) is 2.01. The van der Waals surface area contributed by atoms with Crippen molar-refractivity contribution < 1.29 is 9.31 Å². The molecule has 0 saturated carbocycles. The molecule has 1 fully saturated rings. The van der Waals surface area contributed by atoms with E-state index >= 15 is 0 Å². The minimum atomic E-state index is -0.352. The number of hydrogen-bond acceptors (Lipinski definition) is 5. The molecular formula is C15H19BN2O2S. The predicted octanol–water partition coefficient (Wildman–Crippen LogP) is 2.65. The fourth-order valence-corrected chi connectivity index (χ4v) is 2.87. The van der Waals surface area contributed by atoms with E-state index in [-0.39, 0.29) is 18.3 Å². The second-order valence-corrected chi connectivity index (χ2v) is 7.04. The highest BCUT2D eigenvalue weighted by Gasteiger charge is 2.51. The molecule has 4 nitrogen and oxygen atoms in total. The SMILES string of the molecule is CSc1ncnc2ccc(B3OC(C)(C)C(C)(C)O3)cc12. The summed E-state index contributed by atoms with van der Waals surface area (Å²) in [5.74, 6) is 0. The maximum absolute atomic E-state index is 6.10. The van der Waals surface area contributed by atoms with E-state index in [9.17, 15) is 0 Å². The smallest absolute Gasteiger partial charge is 0.399 e. The van der Waals surface area contributed by atoms with Crippen LogP contribution >= 0.6 is 11.8 Å². The number of nitrogens with zero attached hydrogens (tertiary/aromatic N) is 2. The number of aromatic nitrogens is 2. The van der Waals surface area contributed by atoms with Crippen LogP contribution in [0.1, 0.15) is 27.7 Å². The van der Waals surface area contributed by atoms with Gasteiger partial charge in [0.15, 0.2) is 0 Å². The quantitative estimate of drug-likeness (QED) is 0.485.